The Morgan fingerprint density at radius 1 is 1.16 bits per heavy atom. The van der Waals surface area contributed by atoms with E-state index in [0.29, 0.717) is 11.3 Å². The number of pyridine rings is 2. The number of aromatic nitrogens is 2. The Morgan fingerprint density at radius 2 is 1.87 bits per heavy atom. The van der Waals surface area contributed by atoms with Gasteiger partial charge in [0, 0.05) is 35.3 Å². The number of nitrogens with one attached hydrogen (secondary N) is 2. The van der Waals surface area contributed by atoms with Gasteiger partial charge in [0.1, 0.15) is 5.82 Å². The molecule has 0 unspecified atom stereocenters. The molecule has 0 aliphatic rings. The highest BCUT2D eigenvalue weighted by molar-refractivity contribution is 5.97. The predicted molar refractivity (Wildman–Crippen MR) is 106 cm³/mol. The third kappa shape index (κ3) is 7.43. The Balaban J connectivity index is 2.08. The maximum atomic E-state index is 12.6. The van der Waals surface area contributed by atoms with Gasteiger partial charge in [-0.1, -0.05) is 13.8 Å². The van der Waals surface area contributed by atoms with E-state index in [1.165, 1.54) is 25.3 Å². The fraction of sp³-hybridized carbons (Fsp3) is 0.400. The van der Waals surface area contributed by atoms with Gasteiger partial charge in [0.2, 0.25) is 17.7 Å². The van der Waals surface area contributed by atoms with Crippen molar-refractivity contribution in [3.05, 3.63) is 41.1 Å². The van der Waals surface area contributed by atoms with Gasteiger partial charge in [-0.05, 0) is 25.1 Å². The van der Waals surface area contributed by atoms with Crippen LogP contribution in [0.25, 0.3) is 0 Å². The lowest BCUT2D eigenvalue weighted by Crippen LogP contribution is -2.24. The van der Waals surface area contributed by atoms with Crippen molar-refractivity contribution >= 4 is 17.6 Å². The summed E-state index contributed by atoms with van der Waals surface area (Å²) in [5.74, 6) is -0.884. The predicted octanol–water partition coefficient (Wildman–Crippen LogP) is 3.26. The molecule has 0 radical (unpaired) electrons. The average molecular weight is 440 g/mol. The maximum absolute atomic E-state index is 12.6. The molecule has 2 aromatic heterocycles. The second-order valence-corrected chi connectivity index (χ2v) is 6.93. The third-order valence-corrected chi connectivity index (χ3v) is 3.92. The van der Waals surface area contributed by atoms with E-state index in [2.05, 4.69) is 25.3 Å². The van der Waals surface area contributed by atoms with Crippen LogP contribution in [0.4, 0.5) is 19.0 Å². The lowest BCUT2D eigenvalue weighted by atomic mass is 10.2. The Morgan fingerprint density at radius 3 is 2.48 bits per heavy atom. The van der Waals surface area contributed by atoms with Crippen LogP contribution in [0.5, 0.6) is 11.8 Å². The van der Waals surface area contributed by atoms with E-state index < -0.39 is 18.7 Å². The van der Waals surface area contributed by atoms with Gasteiger partial charge < -0.3 is 20.1 Å². The first kappa shape index (κ1) is 23.9. The van der Waals surface area contributed by atoms with Gasteiger partial charge in [0.15, 0.2) is 6.61 Å². The smallest absolute Gasteiger partial charge is 0.422 e. The van der Waals surface area contributed by atoms with E-state index in [9.17, 15) is 22.8 Å². The van der Waals surface area contributed by atoms with Gasteiger partial charge >= 0.3 is 6.18 Å². The van der Waals surface area contributed by atoms with E-state index in [-0.39, 0.29) is 41.5 Å². The summed E-state index contributed by atoms with van der Waals surface area (Å²) in [6, 6.07) is 5.71. The number of aryl methyl sites for hydroxylation is 1. The summed E-state index contributed by atoms with van der Waals surface area (Å²) in [6.07, 6.45) is -4.49. The summed E-state index contributed by atoms with van der Waals surface area (Å²) in [5, 5.41) is 5.32. The van der Waals surface area contributed by atoms with Crippen LogP contribution in [0.3, 0.4) is 0 Å². The standard InChI is InChI=1S/C20H23F3N4O4/c1-11(2)17(28)26-15-8-14(7-12(3)25-15)18(29)24-9-13-5-6-16(27-19(13)30-4)31-10-20(21,22)23/h5-8,11H,9-10H2,1-4H3,(H,24,29)(H,25,26,28). The molecule has 2 aromatic rings. The minimum Gasteiger partial charge on any atom is -0.481 e. The van der Waals surface area contributed by atoms with E-state index in [1.54, 1.807) is 26.8 Å². The number of hydrogen-bond acceptors (Lipinski definition) is 6. The largest absolute Gasteiger partial charge is 0.481 e. The molecular weight excluding hydrogens is 417 g/mol. The summed E-state index contributed by atoms with van der Waals surface area (Å²) in [5.41, 5.74) is 1.26. The summed E-state index contributed by atoms with van der Waals surface area (Å²) in [6.45, 7) is 3.69. The first-order valence-corrected chi connectivity index (χ1v) is 9.29. The Kier molecular flexibility index (Phi) is 7.78. The molecule has 0 fully saturated rings. The number of amides is 2. The number of methoxy groups -OCH3 is 1. The second-order valence-electron chi connectivity index (χ2n) is 6.93. The van der Waals surface area contributed by atoms with Crippen molar-refractivity contribution in [2.45, 2.75) is 33.5 Å². The van der Waals surface area contributed by atoms with Gasteiger partial charge in [-0.2, -0.15) is 18.2 Å². The van der Waals surface area contributed by atoms with Crippen molar-refractivity contribution < 1.29 is 32.2 Å². The van der Waals surface area contributed by atoms with E-state index in [0.717, 1.165) is 0 Å². The van der Waals surface area contributed by atoms with Crippen LogP contribution >= 0.6 is 0 Å². The first-order valence-electron chi connectivity index (χ1n) is 9.29. The van der Waals surface area contributed by atoms with Gasteiger partial charge in [-0.25, -0.2) is 4.98 Å². The molecule has 0 saturated heterocycles. The van der Waals surface area contributed by atoms with E-state index in [1.807, 2.05) is 0 Å². The van der Waals surface area contributed by atoms with Gasteiger partial charge in [-0.3, -0.25) is 9.59 Å². The van der Waals surface area contributed by atoms with Crippen molar-refractivity contribution in [3.8, 4) is 11.8 Å². The zero-order valence-corrected chi connectivity index (χ0v) is 17.5. The van der Waals surface area contributed by atoms with E-state index in [4.69, 9.17) is 4.74 Å². The quantitative estimate of drug-likeness (QED) is 0.653. The number of carbonyl (C=O) groups excluding carboxylic acids is 2. The first-order chi connectivity index (χ1) is 14.5. The zero-order valence-electron chi connectivity index (χ0n) is 17.5. The number of halogens is 3. The lowest BCUT2D eigenvalue weighted by Gasteiger charge is -2.13. The molecular formula is C20H23F3N4O4. The van der Waals surface area contributed by atoms with Crippen LogP contribution in [0.1, 0.15) is 35.5 Å². The van der Waals surface area contributed by atoms with Crippen molar-refractivity contribution in [1.29, 1.82) is 0 Å². The second kappa shape index (κ2) is 10.1. The van der Waals surface area contributed by atoms with E-state index >= 15 is 0 Å². The van der Waals surface area contributed by atoms with Gasteiger partial charge in [-0.15, -0.1) is 0 Å². The molecule has 8 nitrogen and oxygen atoms in total. The number of carbonyl (C=O) groups is 2. The van der Waals surface area contributed by atoms with Crippen molar-refractivity contribution in [2.75, 3.05) is 19.0 Å². The third-order valence-electron chi connectivity index (χ3n) is 3.92. The number of rotatable bonds is 8. The average Bonchev–Trinajstić information content (AvgIpc) is 2.69. The SMILES string of the molecule is COc1nc(OCC(F)(F)F)ccc1CNC(=O)c1cc(C)nc(NC(=O)C(C)C)c1. The highest BCUT2D eigenvalue weighted by atomic mass is 19.4. The van der Waals surface area contributed by atoms with Crippen molar-refractivity contribution in [1.82, 2.24) is 15.3 Å². The molecule has 0 aliphatic carbocycles. The minimum atomic E-state index is -4.49. The fourth-order valence-electron chi connectivity index (χ4n) is 2.41. The molecule has 0 bridgehead atoms. The van der Waals surface area contributed by atoms with Crippen LogP contribution < -0.4 is 20.1 Å². The van der Waals surface area contributed by atoms with Crippen LogP contribution in [0, 0.1) is 12.8 Å². The number of ether oxygens (including phenoxy) is 2. The molecule has 168 valence electrons. The Labute approximate surface area is 177 Å². The highest BCUT2D eigenvalue weighted by Gasteiger charge is 2.28. The summed E-state index contributed by atoms with van der Waals surface area (Å²) in [7, 11) is 1.30. The van der Waals surface area contributed by atoms with Gasteiger partial charge in [0.25, 0.3) is 5.91 Å². The minimum absolute atomic E-state index is 0.00359. The Hall–Kier alpha value is -3.37. The molecule has 2 amide bonds. The molecule has 2 heterocycles. The molecule has 2 N–H and O–H groups in total. The van der Waals surface area contributed by atoms with Crippen LogP contribution in [-0.4, -0.2) is 41.7 Å². The summed E-state index contributed by atoms with van der Waals surface area (Å²) in [4.78, 5) is 32.5. The zero-order chi connectivity index (χ0) is 23.2. The molecule has 0 spiro atoms. The molecule has 11 heteroatoms. The number of nitrogens with zero attached hydrogens (tertiary/aromatic N) is 2. The molecule has 2 rings (SSSR count). The number of hydrogen-bond donors (Lipinski definition) is 2. The fourth-order valence-corrected chi connectivity index (χ4v) is 2.41. The topological polar surface area (TPSA) is 102 Å². The van der Waals surface area contributed by atoms with Crippen LogP contribution in [-0.2, 0) is 11.3 Å². The number of anilines is 1. The monoisotopic (exact) mass is 440 g/mol. The summed E-state index contributed by atoms with van der Waals surface area (Å²) < 4.78 is 46.5. The number of alkyl halides is 3. The van der Waals surface area contributed by atoms with Crippen LogP contribution in [0.15, 0.2) is 24.3 Å². The summed E-state index contributed by atoms with van der Waals surface area (Å²) >= 11 is 0. The maximum Gasteiger partial charge on any atom is 0.422 e. The molecule has 31 heavy (non-hydrogen) atoms. The van der Waals surface area contributed by atoms with Crippen molar-refractivity contribution in [3.63, 3.8) is 0 Å². The van der Waals surface area contributed by atoms with Gasteiger partial charge in [0.05, 0.1) is 7.11 Å². The Bertz CT molecular complexity index is 949. The molecule has 0 saturated carbocycles. The van der Waals surface area contributed by atoms with Crippen molar-refractivity contribution in [2.24, 2.45) is 5.92 Å². The molecule has 0 atom stereocenters. The molecule has 0 aliphatic heterocycles. The normalized spacial score (nSPS) is 11.2. The van der Waals surface area contributed by atoms with Crippen LogP contribution in [0.2, 0.25) is 0 Å². The highest BCUT2D eigenvalue weighted by Crippen LogP contribution is 2.22. The molecule has 0 aromatic carbocycles. The lowest BCUT2D eigenvalue weighted by molar-refractivity contribution is -0.154.